The average Bonchev–Trinajstić information content (AvgIpc) is 2.63. The number of unbranched alkanes of at least 4 members (excludes halogenated alkanes) is 6. The third-order valence-electron chi connectivity index (χ3n) is 4.35. The normalized spacial score (nSPS) is 11.8. The van der Waals surface area contributed by atoms with E-state index in [0.717, 1.165) is 44.9 Å². The van der Waals surface area contributed by atoms with Crippen LogP contribution in [0.25, 0.3) is 0 Å². The molecule has 0 amide bonds. The van der Waals surface area contributed by atoms with Crippen LogP contribution in [0.4, 0.5) is 0 Å². The minimum atomic E-state index is -0.337. The van der Waals surface area contributed by atoms with E-state index < -0.39 is 0 Å². The molecule has 0 bridgehead atoms. The Morgan fingerprint density at radius 2 is 1.00 bits per heavy atom. The fourth-order valence-corrected chi connectivity index (χ4v) is 2.70. The van der Waals surface area contributed by atoms with Crippen molar-refractivity contribution in [2.45, 2.75) is 105 Å². The molecule has 0 aromatic heterocycles. The molecule has 0 spiro atoms. The van der Waals surface area contributed by atoms with Gasteiger partial charge in [0.2, 0.25) is 0 Å². The summed E-state index contributed by atoms with van der Waals surface area (Å²) in [7, 11) is 0. The summed E-state index contributed by atoms with van der Waals surface area (Å²) in [6.45, 7) is 9.15. The van der Waals surface area contributed by atoms with Gasteiger partial charge in [-0.3, -0.25) is 0 Å². The third kappa shape index (κ3) is 11.3. The lowest BCUT2D eigenvalue weighted by atomic mass is 9.97. The van der Waals surface area contributed by atoms with Gasteiger partial charge in [-0.2, -0.15) is 0 Å². The highest BCUT2D eigenvalue weighted by Crippen LogP contribution is 2.21. The molecule has 0 aliphatic rings. The lowest BCUT2D eigenvalue weighted by Crippen LogP contribution is -2.18. The molecule has 0 aromatic carbocycles. The van der Waals surface area contributed by atoms with Gasteiger partial charge < -0.3 is 9.47 Å². The molecule has 4 heteroatoms. The predicted octanol–water partition coefficient (Wildman–Crippen LogP) is 6.13. The zero-order valence-corrected chi connectivity index (χ0v) is 17.5. The Morgan fingerprint density at radius 3 is 1.46 bits per heavy atom. The van der Waals surface area contributed by atoms with E-state index in [1.54, 1.807) is 0 Å². The van der Waals surface area contributed by atoms with Crippen LogP contribution < -0.4 is 0 Å². The first kappa shape index (κ1) is 24.7. The molecule has 0 saturated carbocycles. The van der Waals surface area contributed by atoms with E-state index in [4.69, 9.17) is 9.47 Å². The first-order valence-corrected chi connectivity index (χ1v) is 10.7. The van der Waals surface area contributed by atoms with Crippen LogP contribution >= 0.6 is 0 Å². The summed E-state index contributed by atoms with van der Waals surface area (Å²) in [6, 6.07) is 0. The van der Waals surface area contributed by atoms with E-state index in [0.29, 0.717) is 37.2 Å². The first-order valence-electron chi connectivity index (χ1n) is 10.7. The monoisotopic (exact) mass is 368 g/mol. The molecule has 0 saturated heterocycles. The number of hydrogen-bond acceptors (Lipinski definition) is 4. The highest BCUT2D eigenvalue weighted by atomic mass is 16.5. The molecular weight excluding hydrogens is 328 g/mol. The van der Waals surface area contributed by atoms with Crippen LogP contribution in [0.15, 0.2) is 11.1 Å². The largest absolute Gasteiger partial charge is 0.462 e. The fourth-order valence-electron chi connectivity index (χ4n) is 2.70. The van der Waals surface area contributed by atoms with Crippen molar-refractivity contribution in [1.82, 2.24) is 0 Å². The van der Waals surface area contributed by atoms with Gasteiger partial charge in [-0.1, -0.05) is 72.6 Å². The fraction of sp³-hybridized carbons (Fsp3) is 0.818. The molecule has 0 radical (unpaired) electrons. The van der Waals surface area contributed by atoms with E-state index >= 15 is 0 Å². The molecule has 0 rings (SSSR count). The summed E-state index contributed by atoms with van der Waals surface area (Å²) in [4.78, 5) is 25.1. The van der Waals surface area contributed by atoms with Gasteiger partial charge in [-0.25, -0.2) is 9.59 Å². The first-order chi connectivity index (χ1) is 12.6. The van der Waals surface area contributed by atoms with Gasteiger partial charge in [-0.05, 0) is 32.1 Å². The van der Waals surface area contributed by atoms with Crippen LogP contribution in [-0.4, -0.2) is 25.2 Å². The van der Waals surface area contributed by atoms with Gasteiger partial charge in [0.25, 0.3) is 0 Å². The number of carbonyl (C=O) groups is 2. The van der Waals surface area contributed by atoms with Crippen molar-refractivity contribution in [3.05, 3.63) is 11.1 Å². The average molecular weight is 369 g/mol. The number of esters is 2. The second-order valence-corrected chi connectivity index (χ2v) is 6.85. The summed E-state index contributed by atoms with van der Waals surface area (Å²) in [5.41, 5.74) is 1.07. The molecule has 26 heavy (non-hydrogen) atoms. The summed E-state index contributed by atoms with van der Waals surface area (Å²) in [5.74, 6) is -0.666. The lowest BCUT2D eigenvalue weighted by molar-refractivity contribution is -0.142. The highest BCUT2D eigenvalue weighted by molar-refractivity contribution is 6.00. The standard InChI is InChI=1S/C22H40O4/c1-5-9-12-13-14-16-20(22(24)26-18-11-7-3)19(15-8-4)21(23)25-17-10-6-2/h5-18H2,1-4H3/b20-19-. The van der Waals surface area contributed by atoms with Crippen LogP contribution in [0.2, 0.25) is 0 Å². The van der Waals surface area contributed by atoms with E-state index in [-0.39, 0.29) is 11.9 Å². The van der Waals surface area contributed by atoms with Crippen molar-refractivity contribution in [3.8, 4) is 0 Å². The zero-order chi connectivity index (χ0) is 19.6. The van der Waals surface area contributed by atoms with Gasteiger partial charge in [0.15, 0.2) is 0 Å². The molecule has 0 atom stereocenters. The van der Waals surface area contributed by atoms with Crippen LogP contribution in [0.1, 0.15) is 105 Å². The van der Waals surface area contributed by atoms with Crippen molar-refractivity contribution in [1.29, 1.82) is 0 Å². The minimum absolute atomic E-state index is 0.329. The van der Waals surface area contributed by atoms with Gasteiger partial charge >= 0.3 is 11.9 Å². The Kier molecular flexibility index (Phi) is 16.2. The van der Waals surface area contributed by atoms with Crippen LogP contribution in [0, 0.1) is 0 Å². The van der Waals surface area contributed by atoms with Gasteiger partial charge in [-0.15, -0.1) is 0 Å². The van der Waals surface area contributed by atoms with Crippen molar-refractivity contribution < 1.29 is 19.1 Å². The van der Waals surface area contributed by atoms with Crippen LogP contribution in [-0.2, 0) is 19.1 Å². The number of ether oxygens (including phenoxy) is 2. The highest BCUT2D eigenvalue weighted by Gasteiger charge is 2.22. The molecule has 4 nitrogen and oxygen atoms in total. The van der Waals surface area contributed by atoms with Crippen LogP contribution in [0.5, 0.6) is 0 Å². The number of carbonyl (C=O) groups excluding carboxylic acids is 2. The predicted molar refractivity (Wildman–Crippen MR) is 107 cm³/mol. The van der Waals surface area contributed by atoms with E-state index in [9.17, 15) is 9.59 Å². The van der Waals surface area contributed by atoms with E-state index in [1.165, 1.54) is 19.3 Å². The molecule has 0 aliphatic carbocycles. The maximum atomic E-state index is 12.6. The Bertz CT molecular complexity index is 412. The van der Waals surface area contributed by atoms with Gasteiger partial charge in [0.05, 0.1) is 13.2 Å². The SMILES string of the molecule is CCCCCCC/C(C(=O)OCCCC)=C(\CCC)C(=O)OCCCC. The molecule has 0 aromatic rings. The Hall–Kier alpha value is -1.32. The second-order valence-electron chi connectivity index (χ2n) is 6.85. The summed E-state index contributed by atoms with van der Waals surface area (Å²) < 4.78 is 10.8. The van der Waals surface area contributed by atoms with Gasteiger partial charge in [0.1, 0.15) is 0 Å². The summed E-state index contributed by atoms with van der Waals surface area (Å²) >= 11 is 0. The maximum Gasteiger partial charge on any atom is 0.334 e. The molecule has 0 aliphatic heterocycles. The molecule has 0 fully saturated rings. The maximum absolute atomic E-state index is 12.6. The van der Waals surface area contributed by atoms with Crippen molar-refractivity contribution in [2.75, 3.05) is 13.2 Å². The van der Waals surface area contributed by atoms with Crippen molar-refractivity contribution >= 4 is 11.9 Å². The molecule has 0 unspecified atom stereocenters. The quantitative estimate of drug-likeness (QED) is 0.187. The third-order valence-corrected chi connectivity index (χ3v) is 4.35. The summed E-state index contributed by atoms with van der Waals surface area (Å²) in [6.07, 6.45) is 11.2. The van der Waals surface area contributed by atoms with E-state index in [2.05, 4.69) is 20.8 Å². The number of rotatable bonds is 16. The Balaban J connectivity index is 5.14. The zero-order valence-electron chi connectivity index (χ0n) is 17.5. The minimum Gasteiger partial charge on any atom is -0.462 e. The van der Waals surface area contributed by atoms with Gasteiger partial charge in [0, 0.05) is 11.1 Å². The molecule has 0 heterocycles. The van der Waals surface area contributed by atoms with E-state index in [1.807, 2.05) is 6.92 Å². The topological polar surface area (TPSA) is 52.6 Å². The Labute approximate surface area is 160 Å². The summed E-state index contributed by atoms with van der Waals surface area (Å²) in [5, 5.41) is 0. The smallest absolute Gasteiger partial charge is 0.334 e. The van der Waals surface area contributed by atoms with Crippen LogP contribution in [0.3, 0.4) is 0 Å². The molecular formula is C22H40O4. The second kappa shape index (κ2) is 17.1. The van der Waals surface area contributed by atoms with Crippen molar-refractivity contribution in [3.63, 3.8) is 0 Å². The Morgan fingerprint density at radius 1 is 0.538 bits per heavy atom. The van der Waals surface area contributed by atoms with Crippen molar-refractivity contribution in [2.24, 2.45) is 0 Å². The molecule has 0 N–H and O–H groups in total. The number of hydrogen-bond donors (Lipinski definition) is 0. The molecule has 152 valence electrons. The lowest BCUT2D eigenvalue weighted by Gasteiger charge is -2.14.